The van der Waals surface area contributed by atoms with E-state index in [9.17, 15) is 4.79 Å². The third kappa shape index (κ3) is 3.45. The van der Waals surface area contributed by atoms with Crippen molar-refractivity contribution in [3.63, 3.8) is 0 Å². The first-order valence-corrected chi connectivity index (χ1v) is 8.73. The fourth-order valence-corrected chi connectivity index (χ4v) is 3.46. The lowest BCUT2D eigenvalue weighted by Crippen LogP contribution is -2.45. The van der Waals surface area contributed by atoms with Gasteiger partial charge in [0.2, 0.25) is 0 Å². The van der Waals surface area contributed by atoms with Gasteiger partial charge in [0.1, 0.15) is 5.58 Å². The van der Waals surface area contributed by atoms with E-state index in [1.165, 1.54) is 12.8 Å². The van der Waals surface area contributed by atoms with Crippen LogP contribution in [0, 0.1) is 12.8 Å². The number of hydrogen-bond acceptors (Lipinski definition) is 3. The lowest BCUT2D eigenvalue weighted by Gasteiger charge is -2.32. The number of para-hydroxylation sites is 1. The van der Waals surface area contributed by atoms with Crippen LogP contribution in [0.15, 0.2) is 28.7 Å². The Kier molecular flexibility index (Phi) is 5.16. The summed E-state index contributed by atoms with van der Waals surface area (Å²) in [6, 6.07) is 8.43. The van der Waals surface area contributed by atoms with E-state index in [0.29, 0.717) is 11.8 Å². The number of piperidine rings is 1. The molecule has 1 aromatic carbocycles. The molecule has 0 radical (unpaired) electrons. The monoisotopic (exact) mass is 348 g/mol. The van der Waals surface area contributed by atoms with Gasteiger partial charge in [-0.3, -0.25) is 4.79 Å². The minimum atomic E-state index is 0. The van der Waals surface area contributed by atoms with Crippen LogP contribution in [-0.4, -0.2) is 36.5 Å². The zero-order valence-electron chi connectivity index (χ0n) is 14.1. The van der Waals surface area contributed by atoms with E-state index in [4.69, 9.17) is 4.42 Å². The molecule has 5 heteroatoms. The van der Waals surface area contributed by atoms with E-state index in [0.717, 1.165) is 54.9 Å². The van der Waals surface area contributed by atoms with Crippen molar-refractivity contribution in [1.29, 1.82) is 0 Å². The summed E-state index contributed by atoms with van der Waals surface area (Å²) in [6.07, 6.45) is 4.85. The molecule has 4 nitrogen and oxygen atoms in total. The van der Waals surface area contributed by atoms with Crippen molar-refractivity contribution in [2.45, 2.75) is 38.6 Å². The summed E-state index contributed by atoms with van der Waals surface area (Å²) in [4.78, 5) is 14.7. The lowest BCUT2D eigenvalue weighted by atomic mass is 10.0. The van der Waals surface area contributed by atoms with Crippen LogP contribution in [0.4, 0.5) is 0 Å². The van der Waals surface area contributed by atoms with Crippen LogP contribution in [0.3, 0.4) is 0 Å². The van der Waals surface area contributed by atoms with Crippen LogP contribution in [-0.2, 0) is 0 Å². The molecule has 0 spiro atoms. The normalized spacial score (nSPS) is 18.6. The van der Waals surface area contributed by atoms with Crippen molar-refractivity contribution < 1.29 is 9.21 Å². The number of rotatable bonds is 4. The van der Waals surface area contributed by atoms with Gasteiger partial charge in [-0.25, -0.2) is 0 Å². The number of fused-ring (bicyclic) bond motifs is 1. The molecule has 1 saturated carbocycles. The van der Waals surface area contributed by atoms with Crippen molar-refractivity contribution >= 4 is 29.3 Å². The Labute approximate surface area is 149 Å². The molecule has 0 atom stereocenters. The third-order valence-corrected chi connectivity index (χ3v) is 5.21. The molecule has 2 aliphatic rings. The van der Waals surface area contributed by atoms with E-state index in [2.05, 4.69) is 5.32 Å². The molecule has 4 rings (SSSR count). The van der Waals surface area contributed by atoms with Gasteiger partial charge in [0.15, 0.2) is 5.76 Å². The average molecular weight is 349 g/mol. The third-order valence-electron chi connectivity index (χ3n) is 5.21. The summed E-state index contributed by atoms with van der Waals surface area (Å²) in [6.45, 7) is 4.76. The molecule has 2 aromatic rings. The first kappa shape index (κ1) is 17.3. The maximum atomic E-state index is 12.8. The summed E-state index contributed by atoms with van der Waals surface area (Å²) in [5, 5.41) is 4.69. The van der Waals surface area contributed by atoms with E-state index < -0.39 is 0 Å². The maximum Gasteiger partial charge on any atom is 0.289 e. The van der Waals surface area contributed by atoms with Crippen molar-refractivity contribution in [3.8, 4) is 0 Å². The highest BCUT2D eigenvalue weighted by atomic mass is 35.5. The predicted octanol–water partition coefficient (Wildman–Crippen LogP) is 3.77. The summed E-state index contributed by atoms with van der Waals surface area (Å²) >= 11 is 0. The van der Waals surface area contributed by atoms with Crippen molar-refractivity contribution in [3.05, 3.63) is 35.6 Å². The molecule has 1 aliphatic heterocycles. The zero-order valence-corrected chi connectivity index (χ0v) is 14.9. The molecule has 1 N–H and O–H groups in total. The highest BCUT2D eigenvalue weighted by molar-refractivity contribution is 5.98. The Bertz CT molecular complexity index is 715. The number of amides is 1. The van der Waals surface area contributed by atoms with E-state index >= 15 is 0 Å². The highest BCUT2D eigenvalue weighted by Crippen LogP contribution is 2.29. The van der Waals surface area contributed by atoms with Crippen LogP contribution in [0.25, 0.3) is 11.0 Å². The standard InChI is InChI=1S/C19H24N2O2.ClH/c1-13-16-4-2-3-5-17(16)23-18(13)19(22)21-10-8-15(9-11-21)20-12-14-6-7-14;/h2-5,14-15,20H,6-12H2,1H3;1H. The fraction of sp³-hybridized carbons (Fsp3) is 0.526. The molecule has 1 aliphatic carbocycles. The van der Waals surface area contributed by atoms with Gasteiger partial charge in [-0.1, -0.05) is 18.2 Å². The van der Waals surface area contributed by atoms with Gasteiger partial charge in [-0.05, 0) is 51.1 Å². The van der Waals surface area contributed by atoms with Crippen LogP contribution < -0.4 is 5.32 Å². The van der Waals surface area contributed by atoms with Crippen molar-refractivity contribution in [1.82, 2.24) is 10.2 Å². The largest absolute Gasteiger partial charge is 0.451 e. The molecule has 24 heavy (non-hydrogen) atoms. The number of aryl methyl sites for hydroxylation is 1. The summed E-state index contributed by atoms with van der Waals surface area (Å²) in [5.74, 6) is 1.46. The van der Waals surface area contributed by atoms with Gasteiger partial charge < -0.3 is 14.6 Å². The van der Waals surface area contributed by atoms with Crippen LogP contribution in [0.2, 0.25) is 0 Å². The molecule has 0 unspecified atom stereocenters. The molecule has 1 amide bonds. The smallest absolute Gasteiger partial charge is 0.289 e. The minimum Gasteiger partial charge on any atom is -0.451 e. The second-order valence-electron chi connectivity index (χ2n) is 6.97. The summed E-state index contributed by atoms with van der Waals surface area (Å²) < 4.78 is 5.82. The second kappa shape index (κ2) is 7.16. The quantitative estimate of drug-likeness (QED) is 0.914. The van der Waals surface area contributed by atoms with Gasteiger partial charge in [-0.2, -0.15) is 0 Å². The summed E-state index contributed by atoms with van der Waals surface area (Å²) in [7, 11) is 0. The van der Waals surface area contributed by atoms with Gasteiger partial charge in [0.05, 0.1) is 0 Å². The lowest BCUT2D eigenvalue weighted by molar-refractivity contribution is 0.0674. The van der Waals surface area contributed by atoms with Crippen LogP contribution in [0.5, 0.6) is 0 Å². The highest BCUT2D eigenvalue weighted by Gasteiger charge is 2.28. The molecular weight excluding hydrogens is 324 g/mol. The number of furan rings is 1. The molecule has 0 bridgehead atoms. The van der Waals surface area contributed by atoms with E-state index in [1.807, 2.05) is 36.1 Å². The van der Waals surface area contributed by atoms with Crippen LogP contribution >= 0.6 is 12.4 Å². The van der Waals surface area contributed by atoms with Gasteiger partial charge >= 0.3 is 0 Å². The minimum absolute atomic E-state index is 0. The Balaban J connectivity index is 0.00000169. The number of nitrogens with zero attached hydrogens (tertiary/aromatic N) is 1. The fourth-order valence-electron chi connectivity index (χ4n) is 3.46. The molecule has 2 heterocycles. The second-order valence-corrected chi connectivity index (χ2v) is 6.97. The number of carbonyl (C=O) groups is 1. The number of halogens is 1. The first-order chi connectivity index (χ1) is 11.2. The number of likely N-dealkylation sites (tertiary alicyclic amines) is 1. The number of benzene rings is 1. The Morgan fingerprint density at radius 1 is 1.21 bits per heavy atom. The van der Waals surface area contributed by atoms with E-state index in [1.54, 1.807) is 0 Å². The Morgan fingerprint density at radius 3 is 2.58 bits per heavy atom. The predicted molar refractivity (Wildman–Crippen MR) is 97.9 cm³/mol. The topological polar surface area (TPSA) is 45.5 Å². The zero-order chi connectivity index (χ0) is 15.8. The maximum absolute atomic E-state index is 12.8. The average Bonchev–Trinajstić information content (AvgIpc) is 3.36. The molecular formula is C19H25ClN2O2. The van der Waals surface area contributed by atoms with Gasteiger partial charge in [0, 0.05) is 30.1 Å². The van der Waals surface area contributed by atoms with Crippen molar-refractivity contribution in [2.75, 3.05) is 19.6 Å². The van der Waals surface area contributed by atoms with Gasteiger partial charge in [0.25, 0.3) is 5.91 Å². The number of hydrogen-bond donors (Lipinski definition) is 1. The van der Waals surface area contributed by atoms with Crippen LogP contribution in [0.1, 0.15) is 41.8 Å². The molecule has 1 aromatic heterocycles. The Morgan fingerprint density at radius 2 is 1.92 bits per heavy atom. The molecule has 2 fully saturated rings. The SMILES string of the molecule is Cc1c(C(=O)N2CCC(NCC3CC3)CC2)oc2ccccc12.Cl. The summed E-state index contributed by atoms with van der Waals surface area (Å²) in [5.41, 5.74) is 1.76. The first-order valence-electron chi connectivity index (χ1n) is 8.73. The van der Waals surface area contributed by atoms with Crippen molar-refractivity contribution in [2.24, 2.45) is 5.92 Å². The molecule has 130 valence electrons. The Hall–Kier alpha value is -1.52. The van der Waals surface area contributed by atoms with E-state index in [-0.39, 0.29) is 18.3 Å². The number of nitrogens with one attached hydrogen (secondary N) is 1. The molecule has 1 saturated heterocycles. The number of carbonyl (C=O) groups excluding carboxylic acids is 1. The van der Waals surface area contributed by atoms with Gasteiger partial charge in [-0.15, -0.1) is 12.4 Å².